The zero-order valence-corrected chi connectivity index (χ0v) is 10.6. The largest absolute Gasteiger partial charge is 1.00 e. The lowest BCUT2D eigenvalue weighted by atomic mass is 10.2. The first-order valence-electron chi connectivity index (χ1n) is 5.15. The standard InChI is InChI=1S/C13H9N3.BrH/c14-6-8-16-7-5-11-10-3-1-2-4-12(10)15-13(11)9-16;/h1-5,7,9H,8H2;1H. The summed E-state index contributed by atoms with van der Waals surface area (Å²) in [6.07, 6.45) is 3.91. The molecule has 84 valence electrons. The van der Waals surface area contributed by atoms with E-state index in [1.54, 1.807) is 0 Å². The number of benzene rings is 1. The first kappa shape index (κ1) is 11.6. The molecule has 0 saturated carbocycles. The van der Waals surface area contributed by atoms with Crippen LogP contribution < -0.4 is 21.5 Å². The minimum atomic E-state index is 0. The normalized spacial score (nSPS) is 10.1. The summed E-state index contributed by atoms with van der Waals surface area (Å²) in [7, 11) is 0. The van der Waals surface area contributed by atoms with E-state index in [-0.39, 0.29) is 17.0 Å². The van der Waals surface area contributed by atoms with E-state index in [0.717, 1.165) is 11.0 Å². The number of fused-ring (bicyclic) bond motifs is 3. The van der Waals surface area contributed by atoms with Gasteiger partial charge in [-0.15, -0.1) is 0 Å². The van der Waals surface area contributed by atoms with Gasteiger partial charge in [-0.05, 0) is 6.07 Å². The average Bonchev–Trinajstić information content (AvgIpc) is 2.67. The number of nitrogens with one attached hydrogen (secondary N) is 1. The molecule has 0 spiro atoms. The molecule has 0 saturated heterocycles. The van der Waals surface area contributed by atoms with Crippen molar-refractivity contribution in [3.05, 3.63) is 42.7 Å². The Balaban J connectivity index is 0.00000108. The molecule has 3 nitrogen and oxygen atoms in total. The Kier molecular flexibility index (Phi) is 3.12. The van der Waals surface area contributed by atoms with Crippen LogP contribution in [0.2, 0.25) is 0 Å². The minimum Gasteiger partial charge on any atom is -1.00 e. The van der Waals surface area contributed by atoms with E-state index < -0.39 is 0 Å². The number of hydrogen-bond donors (Lipinski definition) is 1. The molecular formula is C13H10BrN3. The van der Waals surface area contributed by atoms with E-state index >= 15 is 0 Å². The minimum absolute atomic E-state index is 0. The lowest BCUT2D eigenvalue weighted by molar-refractivity contribution is -0.683. The fourth-order valence-electron chi connectivity index (χ4n) is 2.02. The van der Waals surface area contributed by atoms with Crippen molar-refractivity contribution in [3.63, 3.8) is 0 Å². The Bertz CT molecular complexity index is 709. The summed E-state index contributed by atoms with van der Waals surface area (Å²) in [6, 6.07) is 12.4. The summed E-state index contributed by atoms with van der Waals surface area (Å²) in [5.74, 6) is 0. The van der Waals surface area contributed by atoms with E-state index in [2.05, 4.69) is 23.2 Å². The van der Waals surface area contributed by atoms with Gasteiger partial charge in [-0.25, -0.2) is 0 Å². The summed E-state index contributed by atoms with van der Waals surface area (Å²) < 4.78 is 1.87. The van der Waals surface area contributed by atoms with Gasteiger partial charge in [-0.1, -0.05) is 18.2 Å². The van der Waals surface area contributed by atoms with Crippen LogP contribution in [-0.2, 0) is 6.54 Å². The molecule has 0 aliphatic carbocycles. The molecule has 0 aliphatic heterocycles. The third-order valence-electron chi connectivity index (χ3n) is 2.76. The number of nitrogens with zero attached hydrogens (tertiary/aromatic N) is 2. The predicted octanol–water partition coefficient (Wildman–Crippen LogP) is -0.864. The second-order valence-electron chi connectivity index (χ2n) is 3.77. The maximum Gasteiger partial charge on any atom is 0.234 e. The Morgan fingerprint density at radius 2 is 1.88 bits per heavy atom. The van der Waals surface area contributed by atoms with Crippen LogP contribution in [0, 0.1) is 11.3 Å². The van der Waals surface area contributed by atoms with Gasteiger partial charge in [0, 0.05) is 22.4 Å². The lowest BCUT2D eigenvalue weighted by Crippen LogP contribution is -3.00. The molecule has 3 aromatic rings. The summed E-state index contributed by atoms with van der Waals surface area (Å²) in [5.41, 5.74) is 2.20. The van der Waals surface area contributed by atoms with E-state index in [0.29, 0.717) is 6.54 Å². The van der Waals surface area contributed by atoms with Crippen molar-refractivity contribution in [1.29, 1.82) is 5.26 Å². The smallest absolute Gasteiger partial charge is 0.234 e. The van der Waals surface area contributed by atoms with Crippen LogP contribution in [0.3, 0.4) is 0 Å². The van der Waals surface area contributed by atoms with E-state index in [1.807, 2.05) is 35.2 Å². The van der Waals surface area contributed by atoms with Crippen molar-refractivity contribution in [2.24, 2.45) is 0 Å². The first-order chi connectivity index (χ1) is 7.88. The number of halogens is 1. The van der Waals surface area contributed by atoms with Crippen LogP contribution in [0.15, 0.2) is 42.7 Å². The van der Waals surface area contributed by atoms with Gasteiger partial charge in [0.05, 0.1) is 0 Å². The fraction of sp³-hybridized carbons (Fsp3) is 0.0769. The highest BCUT2D eigenvalue weighted by atomic mass is 79.9. The summed E-state index contributed by atoms with van der Waals surface area (Å²) in [6.45, 7) is 0.380. The van der Waals surface area contributed by atoms with Gasteiger partial charge in [0.25, 0.3) is 0 Å². The Morgan fingerprint density at radius 3 is 2.71 bits per heavy atom. The van der Waals surface area contributed by atoms with E-state index in [1.165, 1.54) is 10.8 Å². The number of nitriles is 1. The number of aromatic amines is 1. The number of para-hydroxylation sites is 1. The van der Waals surface area contributed by atoms with Gasteiger partial charge in [0.1, 0.15) is 11.6 Å². The predicted molar refractivity (Wildman–Crippen MR) is 61.6 cm³/mol. The van der Waals surface area contributed by atoms with Crippen molar-refractivity contribution in [2.75, 3.05) is 0 Å². The molecule has 0 unspecified atom stereocenters. The fourth-order valence-corrected chi connectivity index (χ4v) is 2.02. The van der Waals surface area contributed by atoms with Crippen LogP contribution in [0.25, 0.3) is 21.8 Å². The van der Waals surface area contributed by atoms with Crippen molar-refractivity contribution in [1.82, 2.24) is 4.98 Å². The zero-order chi connectivity index (χ0) is 11.0. The number of rotatable bonds is 1. The van der Waals surface area contributed by atoms with Crippen molar-refractivity contribution < 1.29 is 21.5 Å². The number of aromatic nitrogens is 2. The highest BCUT2D eigenvalue weighted by molar-refractivity contribution is 6.06. The molecule has 2 aromatic heterocycles. The topological polar surface area (TPSA) is 43.5 Å². The molecule has 0 amide bonds. The van der Waals surface area contributed by atoms with Gasteiger partial charge in [0.15, 0.2) is 12.4 Å². The van der Waals surface area contributed by atoms with Crippen LogP contribution in [0.4, 0.5) is 0 Å². The highest BCUT2D eigenvalue weighted by Crippen LogP contribution is 2.23. The Labute approximate surface area is 109 Å². The van der Waals surface area contributed by atoms with Gasteiger partial charge >= 0.3 is 0 Å². The maximum absolute atomic E-state index is 8.65. The molecule has 0 bridgehead atoms. The van der Waals surface area contributed by atoms with Crippen molar-refractivity contribution in [3.8, 4) is 6.07 Å². The Morgan fingerprint density at radius 1 is 1.12 bits per heavy atom. The molecule has 1 aromatic carbocycles. The van der Waals surface area contributed by atoms with Gasteiger partial charge < -0.3 is 22.0 Å². The zero-order valence-electron chi connectivity index (χ0n) is 9.02. The second kappa shape index (κ2) is 4.56. The molecule has 1 N–H and O–H groups in total. The van der Waals surface area contributed by atoms with Crippen molar-refractivity contribution >= 4 is 21.8 Å². The van der Waals surface area contributed by atoms with Gasteiger partial charge in [-0.2, -0.15) is 9.83 Å². The molecule has 3 rings (SSSR count). The first-order valence-corrected chi connectivity index (χ1v) is 5.15. The second-order valence-corrected chi connectivity index (χ2v) is 3.77. The van der Waals surface area contributed by atoms with Crippen LogP contribution in [0.5, 0.6) is 0 Å². The van der Waals surface area contributed by atoms with Crippen LogP contribution in [0.1, 0.15) is 0 Å². The van der Waals surface area contributed by atoms with Crippen LogP contribution in [-0.4, -0.2) is 4.98 Å². The number of hydrogen-bond acceptors (Lipinski definition) is 1. The summed E-state index contributed by atoms with van der Waals surface area (Å²) in [4.78, 5) is 3.35. The van der Waals surface area contributed by atoms with E-state index in [9.17, 15) is 0 Å². The van der Waals surface area contributed by atoms with E-state index in [4.69, 9.17) is 5.26 Å². The maximum atomic E-state index is 8.65. The van der Waals surface area contributed by atoms with Gasteiger partial charge in [-0.3, -0.25) is 0 Å². The molecule has 0 fully saturated rings. The van der Waals surface area contributed by atoms with Crippen molar-refractivity contribution in [2.45, 2.75) is 6.54 Å². The molecule has 4 heteroatoms. The molecule has 17 heavy (non-hydrogen) atoms. The average molecular weight is 288 g/mol. The Hall–Kier alpha value is -1.86. The molecule has 0 atom stereocenters. The third-order valence-corrected chi connectivity index (χ3v) is 2.76. The summed E-state index contributed by atoms with van der Waals surface area (Å²) >= 11 is 0. The lowest BCUT2D eigenvalue weighted by Gasteiger charge is -1.90. The third kappa shape index (κ3) is 1.90. The molecule has 2 heterocycles. The van der Waals surface area contributed by atoms with Gasteiger partial charge in [0.2, 0.25) is 6.54 Å². The molecular weight excluding hydrogens is 278 g/mol. The quantitative estimate of drug-likeness (QED) is 0.582. The number of H-pyrrole nitrogens is 1. The van der Waals surface area contributed by atoms with Crippen LogP contribution >= 0.6 is 0 Å². The molecule has 0 aliphatic rings. The summed E-state index contributed by atoms with van der Waals surface area (Å²) in [5, 5.41) is 11.1. The highest BCUT2D eigenvalue weighted by Gasteiger charge is 2.07. The number of pyridine rings is 1. The monoisotopic (exact) mass is 287 g/mol. The SMILES string of the molecule is N#CC[n+]1ccc2c(c1)[nH]c1ccccc12.[Br-]. The molecule has 0 radical (unpaired) electrons.